The minimum Gasteiger partial charge on any atom is -0.493 e. The van der Waals surface area contributed by atoms with E-state index in [1.807, 2.05) is 30.3 Å². The summed E-state index contributed by atoms with van der Waals surface area (Å²) in [7, 11) is -0.983. The number of carbonyl (C=O) groups excluding carboxylic acids is 1. The highest BCUT2D eigenvalue weighted by Gasteiger charge is 2.18. The molecule has 0 amide bonds. The molecule has 1 N–H and O–H groups in total. The van der Waals surface area contributed by atoms with E-state index < -0.39 is 10.0 Å². The highest BCUT2D eigenvalue weighted by Crippen LogP contribution is 2.29. The van der Waals surface area contributed by atoms with E-state index in [0.29, 0.717) is 17.1 Å². The maximum atomic E-state index is 12.5. The maximum absolute atomic E-state index is 12.5. The maximum Gasteiger partial charge on any atom is 0.241 e. The second kappa shape index (κ2) is 7.77. The number of nitrogens with one attached hydrogen (secondary N) is 1. The molecule has 3 aromatic carbocycles. The van der Waals surface area contributed by atoms with E-state index in [0.717, 1.165) is 10.8 Å². The number of methoxy groups -OCH3 is 2. The van der Waals surface area contributed by atoms with Gasteiger partial charge in [0.1, 0.15) is 0 Å². The van der Waals surface area contributed by atoms with Crippen LogP contribution in [0.15, 0.2) is 65.6 Å². The average Bonchev–Trinajstić information content (AvgIpc) is 2.71. The molecule has 0 saturated carbocycles. The highest BCUT2D eigenvalue weighted by molar-refractivity contribution is 7.89. The Balaban J connectivity index is 1.77. The van der Waals surface area contributed by atoms with Gasteiger partial charge in [-0.05, 0) is 29.0 Å². The van der Waals surface area contributed by atoms with Crippen molar-refractivity contribution < 1.29 is 22.7 Å². The number of hydrogen-bond acceptors (Lipinski definition) is 5. The van der Waals surface area contributed by atoms with Gasteiger partial charge in [-0.1, -0.05) is 36.4 Å². The fourth-order valence-electron chi connectivity index (χ4n) is 2.69. The van der Waals surface area contributed by atoms with Crippen LogP contribution < -0.4 is 14.2 Å². The molecule has 0 saturated heterocycles. The molecule has 0 bridgehead atoms. The van der Waals surface area contributed by atoms with Crippen molar-refractivity contribution in [3.8, 4) is 11.5 Å². The van der Waals surface area contributed by atoms with Crippen molar-refractivity contribution in [2.45, 2.75) is 4.90 Å². The Labute approximate surface area is 157 Å². The summed E-state index contributed by atoms with van der Waals surface area (Å²) in [6, 6.07) is 17.2. The Morgan fingerprint density at radius 1 is 0.889 bits per heavy atom. The van der Waals surface area contributed by atoms with Gasteiger partial charge in [0, 0.05) is 11.6 Å². The average molecular weight is 385 g/mol. The van der Waals surface area contributed by atoms with Gasteiger partial charge in [-0.2, -0.15) is 0 Å². The van der Waals surface area contributed by atoms with Crippen LogP contribution in [0.1, 0.15) is 10.4 Å². The van der Waals surface area contributed by atoms with E-state index >= 15 is 0 Å². The van der Waals surface area contributed by atoms with E-state index in [1.165, 1.54) is 32.4 Å². The van der Waals surface area contributed by atoms with Gasteiger partial charge in [-0.25, -0.2) is 13.1 Å². The van der Waals surface area contributed by atoms with Crippen LogP contribution >= 0.6 is 0 Å². The van der Waals surface area contributed by atoms with Crippen LogP contribution in [0.4, 0.5) is 0 Å². The molecule has 0 aliphatic heterocycles. The SMILES string of the molecule is COc1ccc(S(=O)(=O)NCC(=O)c2ccc3ccccc3c2)cc1OC. The van der Waals surface area contributed by atoms with E-state index in [2.05, 4.69) is 4.72 Å². The number of Topliss-reactive ketones (excluding diaryl/α,β-unsaturated/α-hetero) is 1. The second-order valence-electron chi connectivity index (χ2n) is 5.83. The first kappa shape index (κ1) is 18.9. The molecular formula is C20H19NO5S. The van der Waals surface area contributed by atoms with Gasteiger partial charge in [0.05, 0.1) is 25.7 Å². The van der Waals surface area contributed by atoms with Crippen molar-refractivity contribution >= 4 is 26.6 Å². The first-order chi connectivity index (χ1) is 12.9. The number of benzene rings is 3. The number of carbonyl (C=O) groups is 1. The largest absolute Gasteiger partial charge is 0.493 e. The summed E-state index contributed by atoms with van der Waals surface area (Å²) < 4.78 is 37.5. The van der Waals surface area contributed by atoms with Gasteiger partial charge in [-0.3, -0.25) is 4.79 Å². The fraction of sp³-hybridized carbons (Fsp3) is 0.150. The zero-order valence-electron chi connectivity index (χ0n) is 14.9. The summed E-state index contributed by atoms with van der Waals surface area (Å²) in [5, 5.41) is 1.94. The van der Waals surface area contributed by atoms with Gasteiger partial charge in [0.2, 0.25) is 10.0 Å². The van der Waals surface area contributed by atoms with Crippen molar-refractivity contribution in [2.24, 2.45) is 0 Å². The fourth-order valence-corrected chi connectivity index (χ4v) is 3.69. The molecule has 0 heterocycles. The molecule has 0 aliphatic carbocycles. The molecule has 27 heavy (non-hydrogen) atoms. The Morgan fingerprint density at radius 2 is 1.59 bits per heavy atom. The molecule has 7 heteroatoms. The highest BCUT2D eigenvalue weighted by atomic mass is 32.2. The Hall–Kier alpha value is -2.90. The van der Waals surface area contributed by atoms with E-state index in [9.17, 15) is 13.2 Å². The first-order valence-corrected chi connectivity index (χ1v) is 9.66. The number of ether oxygens (including phenoxy) is 2. The smallest absolute Gasteiger partial charge is 0.241 e. The van der Waals surface area contributed by atoms with Crippen LogP contribution in [-0.2, 0) is 10.0 Å². The summed E-state index contributed by atoms with van der Waals surface area (Å²) in [4.78, 5) is 12.4. The topological polar surface area (TPSA) is 81.7 Å². The predicted molar refractivity (Wildman–Crippen MR) is 103 cm³/mol. The first-order valence-electron chi connectivity index (χ1n) is 8.18. The van der Waals surface area contributed by atoms with E-state index in [-0.39, 0.29) is 17.2 Å². The van der Waals surface area contributed by atoms with Gasteiger partial charge in [-0.15, -0.1) is 0 Å². The lowest BCUT2D eigenvalue weighted by Crippen LogP contribution is -2.29. The molecule has 3 aromatic rings. The molecule has 3 rings (SSSR count). The molecule has 0 aromatic heterocycles. The van der Waals surface area contributed by atoms with E-state index in [4.69, 9.17) is 9.47 Å². The van der Waals surface area contributed by atoms with Crippen LogP contribution in [-0.4, -0.2) is 35.0 Å². The third-order valence-corrected chi connectivity index (χ3v) is 5.56. The van der Waals surface area contributed by atoms with Gasteiger partial charge < -0.3 is 9.47 Å². The van der Waals surface area contributed by atoms with Crippen molar-refractivity contribution in [1.29, 1.82) is 0 Å². The Morgan fingerprint density at radius 3 is 2.30 bits per heavy atom. The lowest BCUT2D eigenvalue weighted by molar-refractivity contribution is 0.0997. The molecule has 0 atom stereocenters. The van der Waals surface area contributed by atoms with Gasteiger partial charge >= 0.3 is 0 Å². The molecule has 0 spiro atoms. The van der Waals surface area contributed by atoms with Crippen LogP contribution in [0.3, 0.4) is 0 Å². The van der Waals surface area contributed by atoms with Crippen molar-refractivity contribution in [1.82, 2.24) is 4.72 Å². The number of rotatable bonds is 7. The molecular weight excluding hydrogens is 366 g/mol. The standard InChI is InChI=1S/C20H19NO5S/c1-25-19-10-9-17(12-20(19)26-2)27(23,24)21-13-18(22)16-8-7-14-5-3-4-6-15(14)11-16/h3-12,21H,13H2,1-2H3. The lowest BCUT2D eigenvalue weighted by atomic mass is 10.0. The van der Waals surface area contributed by atoms with Gasteiger partial charge in [0.15, 0.2) is 17.3 Å². The van der Waals surface area contributed by atoms with Crippen molar-refractivity contribution in [2.75, 3.05) is 20.8 Å². The summed E-state index contributed by atoms with van der Waals surface area (Å²) in [5.41, 5.74) is 0.448. The number of ketones is 1. The number of fused-ring (bicyclic) bond motifs is 1. The molecule has 6 nitrogen and oxygen atoms in total. The number of sulfonamides is 1. The van der Waals surface area contributed by atoms with Crippen LogP contribution in [0.2, 0.25) is 0 Å². The number of hydrogen-bond donors (Lipinski definition) is 1. The van der Waals surface area contributed by atoms with E-state index in [1.54, 1.807) is 12.1 Å². The minimum atomic E-state index is -3.87. The predicted octanol–water partition coefficient (Wildman–Crippen LogP) is 3.02. The summed E-state index contributed by atoms with van der Waals surface area (Å²) in [5.74, 6) is 0.398. The van der Waals surface area contributed by atoms with Crippen molar-refractivity contribution in [3.63, 3.8) is 0 Å². The zero-order chi connectivity index (χ0) is 19.4. The third-order valence-electron chi connectivity index (χ3n) is 4.16. The molecule has 0 radical (unpaired) electrons. The molecule has 0 unspecified atom stereocenters. The van der Waals surface area contributed by atoms with Crippen LogP contribution in [0.25, 0.3) is 10.8 Å². The summed E-state index contributed by atoms with van der Waals surface area (Å²) in [6.45, 7) is -0.338. The monoisotopic (exact) mass is 385 g/mol. The molecule has 0 aliphatic rings. The Kier molecular flexibility index (Phi) is 5.43. The van der Waals surface area contributed by atoms with Crippen LogP contribution in [0.5, 0.6) is 11.5 Å². The summed E-state index contributed by atoms with van der Waals surface area (Å²) in [6.07, 6.45) is 0. The quantitative estimate of drug-likeness (QED) is 0.632. The third kappa shape index (κ3) is 4.10. The normalized spacial score (nSPS) is 11.3. The second-order valence-corrected chi connectivity index (χ2v) is 7.59. The molecule has 140 valence electrons. The Bertz CT molecular complexity index is 1090. The minimum absolute atomic E-state index is 0.00791. The lowest BCUT2D eigenvalue weighted by Gasteiger charge is -2.11. The zero-order valence-corrected chi connectivity index (χ0v) is 15.7. The molecule has 0 fully saturated rings. The van der Waals surface area contributed by atoms with Gasteiger partial charge in [0.25, 0.3) is 0 Å². The van der Waals surface area contributed by atoms with Crippen molar-refractivity contribution in [3.05, 3.63) is 66.2 Å². The van der Waals surface area contributed by atoms with Crippen LogP contribution in [0, 0.1) is 0 Å². The summed E-state index contributed by atoms with van der Waals surface area (Å²) >= 11 is 0.